The molecule has 0 atom stereocenters. The fourth-order valence-corrected chi connectivity index (χ4v) is 2.60. The zero-order chi connectivity index (χ0) is 17.2. The third kappa shape index (κ3) is 4.24. The van der Waals surface area contributed by atoms with Crippen molar-refractivity contribution in [3.8, 4) is 0 Å². The number of ether oxygens (including phenoxy) is 1. The first kappa shape index (κ1) is 17.3. The Morgan fingerprint density at radius 1 is 1.35 bits per heavy atom. The van der Waals surface area contributed by atoms with Gasteiger partial charge < -0.3 is 15.0 Å². The average Bonchev–Trinajstić information content (AvgIpc) is 2.47. The summed E-state index contributed by atoms with van der Waals surface area (Å²) in [5.74, 6) is -0.239. The normalized spacial score (nSPS) is 15.2. The maximum absolute atomic E-state index is 14.3. The summed E-state index contributed by atoms with van der Waals surface area (Å²) in [6.45, 7) is 8.46. The lowest BCUT2D eigenvalue weighted by molar-refractivity contribution is 0.0270. The summed E-state index contributed by atoms with van der Waals surface area (Å²) in [5.41, 5.74) is 2.84. The van der Waals surface area contributed by atoms with E-state index in [-0.39, 0.29) is 11.9 Å². The van der Waals surface area contributed by atoms with E-state index in [1.165, 1.54) is 6.07 Å². The van der Waals surface area contributed by atoms with Crippen LogP contribution in [0.2, 0.25) is 0 Å². The van der Waals surface area contributed by atoms with Crippen molar-refractivity contribution in [3.05, 3.63) is 35.2 Å². The average molecular weight is 320 g/mol. The molecule has 0 radical (unpaired) electrons. The molecule has 5 heteroatoms. The van der Waals surface area contributed by atoms with E-state index in [2.05, 4.69) is 5.32 Å². The van der Waals surface area contributed by atoms with Crippen LogP contribution in [0.4, 0.5) is 14.9 Å². The summed E-state index contributed by atoms with van der Waals surface area (Å²) in [6.07, 6.45) is 2.20. The number of hydrogen-bond donors (Lipinski definition) is 1. The molecule has 1 N–H and O–H groups in total. The van der Waals surface area contributed by atoms with E-state index < -0.39 is 5.60 Å². The van der Waals surface area contributed by atoms with Gasteiger partial charge in [-0.25, -0.2) is 9.18 Å². The van der Waals surface area contributed by atoms with Gasteiger partial charge in [0.2, 0.25) is 0 Å². The topological polar surface area (TPSA) is 41.6 Å². The highest BCUT2D eigenvalue weighted by Gasteiger charge is 2.24. The van der Waals surface area contributed by atoms with E-state index in [4.69, 9.17) is 4.74 Å². The molecule has 0 bridgehead atoms. The van der Waals surface area contributed by atoms with Crippen LogP contribution in [0.1, 0.15) is 38.3 Å². The monoisotopic (exact) mass is 320 g/mol. The van der Waals surface area contributed by atoms with Crippen LogP contribution in [0.15, 0.2) is 18.2 Å². The highest BCUT2D eigenvalue weighted by atomic mass is 19.1. The van der Waals surface area contributed by atoms with Gasteiger partial charge in [-0.3, -0.25) is 0 Å². The molecule has 23 heavy (non-hydrogen) atoms. The molecule has 1 amide bonds. The van der Waals surface area contributed by atoms with Gasteiger partial charge >= 0.3 is 6.09 Å². The van der Waals surface area contributed by atoms with Gasteiger partial charge in [-0.15, -0.1) is 0 Å². The second-order valence-corrected chi connectivity index (χ2v) is 6.80. The molecule has 0 spiro atoms. The maximum Gasteiger partial charge on any atom is 0.410 e. The van der Waals surface area contributed by atoms with Crippen LogP contribution in [0, 0.1) is 12.7 Å². The lowest BCUT2D eigenvalue weighted by atomic mass is 9.97. The number of carbonyl (C=O) groups excluding carboxylic acids is 1. The van der Waals surface area contributed by atoms with Gasteiger partial charge in [-0.2, -0.15) is 0 Å². The number of anilines is 1. The number of hydrogen-bond acceptors (Lipinski definition) is 3. The van der Waals surface area contributed by atoms with Gasteiger partial charge in [0.25, 0.3) is 0 Å². The minimum atomic E-state index is -0.507. The molecular weight excluding hydrogens is 295 g/mol. The third-order valence-electron chi connectivity index (χ3n) is 3.79. The van der Waals surface area contributed by atoms with E-state index in [1.807, 2.05) is 39.8 Å². The highest BCUT2D eigenvalue weighted by Crippen LogP contribution is 2.29. The molecule has 0 saturated heterocycles. The number of aryl methyl sites for hydroxylation is 1. The van der Waals surface area contributed by atoms with Crippen molar-refractivity contribution in [1.29, 1.82) is 0 Å². The second kappa shape index (κ2) is 6.60. The SMILES string of the molecule is CNc1cc(F)c(C2=CCN(C(=O)OC(C)(C)C)CC2)cc1C. The number of halogens is 1. The predicted octanol–water partition coefficient (Wildman–Crippen LogP) is 4.20. The Kier molecular flexibility index (Phi) is 4.97. The van der Waals surface area contributed by atoms with Crippen molar-refractivity contribution in [2.24, 2.45) is 0 Å². The Morgan fingerprint density at radius 3 is 2.57 bits per heavy atom. The van der Waals surface area contributed by atoms with E-state index >= 15 is 0 Å². The molecule has 1 aliphatic rings. The van der Waals surface area contributed by atoms with Gasteiger partial charge in [-0.1, -0.05) is 6.08 Å². The first-order valence-electron chi connectivity index (χ1n) is 7.86. The largest absolute Gasteiger partial charge is 0.444 e. The molecule has 1 aromatic carbocycles. The molecule has 1 heterocycles. The first-order chi connectivity index (χ1) is 10.7. The second-order valence-electron chi connectivity index (χ2n) is 6.80. The summed E-state index contributed by atoms with van der Waals surface area (Å²) in [7, 11) is 1.78. The minimum absolute atomic E-state index is 0.239. The highest BCUT2D eigenvalue weighted by molar-refractivity contribution is 5.74. The number of benzene rings is 1. The van der Waals surface area contributed by atoms with Crippen LogP contribution in [0.5, 0.6) is 0 Å². The van der Waals surface area contributed by atoms with E-state index in [9.17, 15) is 9.18 Å². The summed E-state index contributed by atoms with van der Waals surface area (Å²) in [6, 6.07) is 3.38. The maximum atomic E-state index is 14.3. The van der Waals surface area contributed by atoms with Crippen molar-refractivity contribution in [1.82, 2.24) is 4.90 Å². The third-order valence-corrected chi connectivity index (χ3v) is 3.79. The van der Waals surface area contributed by atoms with Crippen LogP contribution in [0.25, 0.3) is 5.57 Å². The minimum Gasteiger partial charge on any atom is -0.444 e. The molecule has 126 valence electrons. The lowest BCUT2D eigenvalue weighted by Gasteiger charge is -2.29. The first-order valence-corrected chi connectivity index (χ1v) is 7.86. The van der Waals surface area contributed by atoms with E-state index in [0.29, 0.717) is 25.1 Å². The molecule has 0 unspecified atom stereocenters. The van der Waals surface area contributed by atoms with Crippen molar-refractivity contribution in [3.63, 3.8) is 0 Å². The Hall–Kier alpha value is -2.04. The van der Waals surface area contributed by atoms with Crippen LogP contribution in [-0.2, 0) is 4.74 Å². The molecule has 0 fully saturated rings. The lowest BCUT2D eigenvalue weighted by Crippen LogP contribution is -2.39. The smallest absolute Gasteiger partial charge is 0.410 e. The zero-order valence-electron chi connectivity index (χ0n) is 14.5. The van der Waals surface area contributed by atoms with Gasteiger partial charge in [0.05, 0.1) is 0 Å². The van der Waals surface area contributed by atoms with Crippen LogP contribution in [0.3, 0.4) is 0 Å². The molecule has 2 rings (SSSR count). The van der Waals surface area contributed by atoms with Crippen LogP contribution in [-0.4, -0.2) is 36.7 Å². The Labute approximate surface area is 137 Å². The Balaban J connectivity index is 2.13. The van der Waals surface area contributed by atoms with E-state index in [1.54, 1.807) is 11.9 Å². The number of amides is 1. The van der Waals surface area contributed by atoms with E-state index in [0.717, 1.165) is 16.8 Å². The Morgan fingerprint density at radius 2 is 2.04 bits per heavy atom. The number of rotatable bonds is 2. The molecule has 0 aliphatic carbocycles. The summed E-state index contributed by atoms with van der Waals surface area (Å²) < 4.78 is 19.7. The van der Waals surface area contributed by atoms with Crippen LogP contribution < -0.4 is 5.32 Å². The fourth-order valence-electron chi connectivity index (χ4n) is 2.60. The van der Waals surface area contributed by atoms with Crippen molar-refractivity contribution < 1.29 is 13.9 Å². The van der Waals surface area contributed by atoms with Gasteiger partial charge in [0.15, 0.2) is 0 Å². The Bertz CT molecular complexity index is 633. The standard InChI is InChI=1S/C18H25FN2O2/c1-12-10-14(15(19)11-16(12)20-5)13-6-8-21(9-7-13)17(22)23-18(2,3)4/h6,10-11,20H,7-9H2,1-5H3. The summed E-state index contributed by atoms with van der Waals surface area (Å²) in [5, 5.41) is 2.98. The fraction of sp³-hybridized carbons (Fsp3) is 0.500. The number of nitrogens with one attached hydrogen (secondary N) is 1. The zero-order valence-corrected chi connectivity index (χ0v) is 14.5. The van der Waals surface area contributed by atoms with Gasteiger partial charge in [0.1, 0.15) is 11.4 Å². The van der Waals surface area contributed by atoms with Crippen LogP contribution >= 0.6 is 0 Å². The molecular formula is C18H25FN2O2. The van der Waals surface area contributed by atoms with Gasteiger partial charge in [0, 0.05) is 31.4 Å². The summed E-state index contributed by atoms with van der Waals surface area (Å²) >= 11 is 0. The van der Waals surface area contributed by atoms with Crippen molar-refractivity contribution in [2.75, 3.05) is 25.5 Å². The summed E-state index contributed by atoms with van der Waals surface area (Å²) in [4.78, 5) is 13.7. The predicted molar refractivity (Wildman–Crippen MR) is 91.1 cm³/mol. The van der Waals surface area contributed by atoms with Crippen molar-refractivity contribution in [2.45, 2.75) is 39.7 Å². The molecule has 1 aromatic rings. The molecule has 1 aliphatic heterocycles. The number of nitrogens with zero attached hydrogens (tertiary/aromatic N) is 1. The molecule has 0 saturated carbocycles. The van der Waals surface area contributed by atoms with Gasteiger partial charge in [-0.05, 0) is 57.4 Å². The molecule has 0 aromatic heterocycles. The van der Waals surface area contributed by atoms with Crippen molar-refractivity contribution >= 4 is 17.4 Å². The molecule has 4 nitrogen and oxygen atoms in total. The quantitative estimate of drug-likeness (QED) is 0.888. The number of carbonyl (C=O) groups is 1.